The molecule has 0 N–H and O–H groups in total. The highest BCUT2D eigenvalue weighted by Crippen LogP contribution is 2.19. The summed E-state index contributed by atoms with van der Waals surface area (Å²) in [7, 11) is 0. The van der Waals surface area contributed by atoms with Gasteiger partial charge in [-0.3, -0.25) is 4.79 Å². The van der Waals surface area contributed by atoms with E-state index in [2.05, 4.69) is 36.3 Å². The molecular weight excluding hydrogens is 354 g/mol. The summed E-state index contributed by atoms with van der Waals surface area (Å²) >= 11 is 8.33. The smallest absolute Gasteiger partial charge is 0.189 e. The minimum atomic E-state index is 0.242. The van der Waals surface area contributed by atoms with Gasteiger partial charge >= 0.3 is 0 Å². The van der Waals surface area contributed by atoms with Gasteiger partial charge < -0.3 is 0 Å². The standard InChI is InChI=1S/C11H17Br2NOS/c12-11(13)7-5-3-1-2-4-6-9-10(15)8-16-14-9/h11H,1-8H2. The Labute approximate surface area is 118 Å². The summed E-state index contributed by atoms with van der Waals surface area (Å²) in [6.45, 7) is 0. The van der Waals surface area contributed by atoms with Crippen molar-refractivity contribution in [1.82, 2.24) is 0 Å². The summed E-state index contributed by atoms with van der Waals surface area (Å²) in [5.74, 6) is 0.805. The van der Waals surface area contributed by atoms with Gasteiger partial charge in [-0.25, -0.2) is 4.40 Å². The third-order valence-corrected chi connectivity index (χ3v) is 4.18. The molecule has 0 saturated carbocycles. The van der Waals surface area contributed by atoms with Gasteiger partial charge in [0.15, 0.2) is 5.78 Å². The maximum atomic E-state index is 11.3. The van der Waals surface area contributed by atoms with Crippen molar-refractivity contribution in [2.24, 2.45) is 4.40 Å². The number of unbranched alkanes of at least 4 members (excludes halogenated alkanes) is 4. The maximum absolute atomic E-state index is 11.3. The average molecular weight is 371 g/mol. The summed E-state index contributed by atoms with van der Waals surface area (Å²) in [6.07, 6.45) is 8.19. The van der Waals surface area contributed by atoms with Crippen molar-refractivity contribution in [3.05, 3.63) is 0 Å². The van der Waals surface area contributed by atoms with E-state index in [0.29, 0.717) is 9.49 Å². The monoisotopic (exact) mass is 369 g/mol. The molecule has 92 valence electrons. The van der Waals surface area contributed by atoms with Crippen molar-refractivity contribution in [1.29, 1.82) is 0 Å². The molecule has 2 nitrogen and oxygen atoms in total. The molecule has 1 rings (SSSR count). The molecule has 16 heavy (non-hydrogen) atoms. The Morgan fingerprint density at radius 1 is 1.19 bits per heavy atom. The molecule has 0 aromatic carbocycles. The molecule has 0 fully saturated rings. The Hall–Kier alpha value is 0.650. The van der Waals surface area contributed by atoms with Gasteiger partial charge in [0.25, 0.3) is 0 Å². The Balaban J connectivity index is 1.90. The van der Waals surface area contributed by atoms with Crippen LogP contribution in [0.1, 0.15) is 44.9 Å². The van der Waals surface area contributed by atoms with E-state index in [9.17, 15) is 4.79 Å². The number of nitrogens with zero attached hydrogens (tertiary/aromatic N) is 1. The van der Waals surface area contributed by atoms with E-state index in [1.54, 1.807) is 0 Å². The zero-order valence-electron chi connectivity index (χ0n) is 9.25. The van der Waals surface area contributed by atoms with Gasteiger partial charge in [0.1, 0.15) is 0 Å². The first-order chi connectivity index (χ1) is 7.70. The first-order valence-corrected chi connectivity index (χ1v) is 8.47. The Morgan fingerprint density at radius 3 is 2.50 bits per heavy atom. The van der Waals surface area contributed by atoms with Crippen molar-refractivity contribution in [3.8, 4) is 0 Å². The molecule has 0 amide bonds. The van der Waals surface area contributed by atoms with E-state index in [1.807, 2.05) is 0 Å². The molecular formula is C11H17Br2NOS. The third-order valence-electron chi connectivity index (χ3n) is 2.53. The number of hydrogen-bond acceptors (Lipinski definition) is 3. The second kappa shape index (κ2) is 8.70. The van der Waals surface area contributed by atoms with Crippen LogP contribution in [0.4, 0.5) is 0 Å². The van der Waals surface area contributed by atoms with Gasteiger partial charge in [-0.15, -0.1) is 0 Å². The fraction of sp³-hybridized carbons (Fsp3) is 0.818. The number of halogens is 2. The van der Waals surface area contributed by atoms with Crippen molar-refractivity contribution in [3.63, 3.8) is 0 Å². The molecule has 0 spiro atoms. The van der Waals surface area contributed by atoms with Crippen LogP contribution in [-0.2, 0) is 4.79 Å². The molecule has 0 aromatic rings. The Bertz CT molecular complexity index is 256. The van der Waals surface area contributed by atoms with Crippen LogP contribution in [0.5, 0.6) is 0 Å². The van der Waals surface area contributed by atoms with E-state index in [1.165, 1.54) is 44.1 Å². The Kier molecular flexibility index (Phi) is 8.00. The normalized spacial score (nSPS) is 15.9. The quantitative estimate of drug-likeness (QED) is 0.357. The lowest BCUT2D eigenvalue weighted by molar-refractivity contribution is -0.110. The van der Waals surface area contributed by atoms with E-state index in [-0.39, 0.29) is 5.78 Å². The van der Waals surface area contributed by atoms with Gasteiger partial charge in [-0.1, -0.05) is 57.5 Å². The molecule has 0 atom stereocenters. The number of carbonyl (C=O) groups is 1. The van der Waals surface area contributed by atoms with Crippen molar-refractivity contribution in [2.75, 3.05) is 5.75 Å². The van der Waals surface area contributed by atoms with Crippen LogP contribution >= 0.6 is 43.8 Å². The summed E-state index contributed by atoms with van der Waals surface area (Å²) in [5, 5.41) is 0. The fourth-order valence-electron chi connectivity index (χ4n) is 1.61. The van der Waals surface area contributed by atoms with Crippen LogP contribution in [0.15, 0.2) is 4.40 Å². The largest absolute Gasteiger partial charge is 0.292 e. The number of ketones is 1. The van der Waals surface area contributed by atoms with E-state index in [4.69, 9.17) is 0 Å². The van der Waals surface area contributed by atoms with E-state index >= 15 is 0 Å². The number of Topliss-reactive ketones (excluding diaryl/α,β-unsaturated/α-hetero) is 1. The predicted molar refractivity (Wildman–Crippen MR) is 78.9 cm³/mol. The molecule has 0 bridgehead atoms. The molecule has 1 aliphatic heterocycles. The molecule has 0 saturated heterocycles. The lowest BCUT2D eigenvalue weighted by Gasteiger charge is -2.02. The number of rotatable bonds is 8. The molecule has 5 heteroatoms. The molecule has 0 aliphatic carbocycles. The molecule has 1 aliphatic rings. The van der Waals surface area contributed by atoms with Crippen LogP contribution in [0.25, 0.3) is 0 Å². The van der Waals surface area contributed by atoms with Gasteiger partial charge in [-0.2, -0.15) is 0 Å². The first-order valence-electron chi connectivity index (χ1n) is 5.70. The lowest BCUT2D eigenvalue weighted by Crippen LogP contribution is -2.10. The van der Waals surface area contributed by atoms with Crippen LogP contribution in [0.2, 0.25) is 0 Å². The van der Waals surface area contributed by atoms with Crippen molar-refractivity contribution >= 4 is 55.3 Å². The highest BCUT2D eigenvalue weighted by molar-refractivity contribution is 9.24. The minimum Gasteiger partial charge on any atom is -0.292 e. The predicted octanol–water partition coefficient (Wildman–Crippen LogP) is 4.50. The van der Waals surface area contributed by atoms with E-state index < -0.39 is 0 Å². The summed E-state index contributed by atoms with van der Waals surface area (Å²) < 4.78 is 4.61. The second-order valence-corrected chi connectivity index (χ2v) is 8.10. The minimum absolute atomic E-state index is 0.242. The highest BCUT2D eigenvalue weighted by Gasteiger charge is 2.16. The second-order valence-electron chi connectivity index (χ2n) is 3.93. The summed E-state index contributed by atoms with van der Waals surface area (Å²) in [6, 6.07) is 0. The Morgan fingerprint density at radius 2 is 1.88 bits per heavy atom. The van der Waals surface area contributed by atoms with Crippen LogP contribution < -0.4 is 0 Å². The molecule has 0 radical (unpaired) electrons. The lowest BCUT2D eigenvalue weighted by atomic mass is 10.1. The third kappa shape index (κ3) is 6.40. The topological polar surface area (TPSA) is 29.4 Å². The van der Waals surface area contributed by atoms with Crippen LogP contribution in [0, 0.1) is 0 Å². The first kappa shape index (κ1) is 14.7. The number of hydrogen-bond donors (Lipinski definition) is 0. The highest BCUT2D eigenvalue weighted by atomic mass is 79.9. The zero-order chi connectivity index (χ0) is 11.8. The van der Waals surface area contributed by atoms with Gasteiger partial charge in [0.2, 0.25) is 0 Å². The zero-order valence-corrected chi connectivity index (χ0v) is 13.2. The number of alkyl halides is 2. The summed E-state index contributed by atoms with van der Waals surface area (Å²) in [4.78, 5) is 11.3. The van der Waals surface area contributed by atoms with Gasteiger partial charge in [0, 0.05) is 0 Å². The van der Waals surface area contributed by atoms with Crippen molar-refractivity contribution in [2.45, 2.75) is 48.7 Å². The van der Waals surface area contributed by atoms with Crippen LogP contribution in [-0.4, -0.2) is 21.0 Å². The summed E-state index contributed by atoms with van der Waals surface area (Å²) in [5.41, 5.74) is 0.811. The molecule has 1 heterocycles. The van der Waals surface area contributed by atoms with Crippen LogP contribution in [0.3, 0.4) is 0 Å². The van der Waals surface area contributed by atoms with Gasteiger partial charge in [0.05, 0.1) is 15.2 Å². The fourth-order valence-corrected chi connectivity index (χ4v) is 2.95. The average Bonchev–Trinajstić information content (AvgIpc) is 2.62. The molecule has 0 unspecified atom stereocenters. The van der Waals surface area contributed by atoms with Gasteiger partial charge in [-0.05, 0) is 31.2 Å². The SMILES string of the molecule is O=C1CSN=C1CCCCCCCC(Br)Br. The molecule has 0 aromatic heterocycles. The number of carbonyl (C=O) groups excluding carboxylic acids is 1. The van der Waals surface area contributed by atoms with Crippen molar-refractivity contribution < 1.29 is 4.79 Å². The maximum Gasteiger partial charge on any atom is 0.189 e. The van der Waals surface area contributed by atoms with E-state index in [0.717, 1.165) is 18.6 Å².